The van der Waals surface area contributed by atoms with Crippen LogP contribution in [0.2, 0.25) is 0 Å². The van der Waals surface area contributed by atoms with Gasteiger partial charge >= 0.3 is 17.8 Å². The quantitative estimate of drug-likeness (QED) is 0.756. The normalized spacial score (nSPS) is 31.3. The Bertz CT molecular complexity index is 773. The first kappa shape index (κ1) is 15.9. The Labute approximate surface area is 151 Å². The molecule has 0 amide bonds. The van der Waals surface area contributed by atoms with Crippen LogP contribution in [0.15, 0.2) is 30.4 Å². The summed E-state index contributed by atoms with van der Waals surface area (Å²) in [5, 5.41) is 0. The van der Waals surface area contributed by atoms with Crippen molar-refractivity contribution in [1.29, 1.82) is 0 Å². The maximum absolute atomic E-state index is 12.1. The first-order valence-corrected chi connectivity index (χ1v) is 9.31. The fourth-order valence-electron chi connectivity index (χ4n) is 4.69. The highest BCUT2D eigenvalue weighted by Crippen LogP contribution is 2.44. The molecule has 0 N–H and O–H groups in total. The van der Waals surface area contributed by atoms with E-state index in [4.69, 9.17) is 14.2 Å². The van der Waals surface area contributed by atoms with E-state index in [9.17, 15) is 9.59 Å². The van der Waals surface area contributed by atoms with E-state index in [2.05, 4.69) is 12.1 Å². The van der Waals surface area contributed by atoms with Crippen LogP contribution in [0.5, 0.6) is 5.75 Å². The third-order valence-electron chi connectivity index (χ3n) is 5.95. The minimum atomic E-state index is -1.47. The van der Waals surface area contributed by atoms with Crippen LogP contribution in [0.3, 0.4) is 0 Å². The molecule has 0 aromatic heterocycles. The highest BCUT2D eigenvalue weighted by Gasteiger charge is 2.62. The predicted molar refractivity (Wildman–Crippen MR) is 91.2 cm³/mol. The van der Waals surface area contributed by atoms with Crippen LogP contribution in [-0.4, -0.2) is 41.9 Å². The average Bonchev–Trinajstić information content (AvgIpc) is 3.05. The Balaban J connectivity index is 1.50. The van der Waals surface area contributed by atoms with Crippen molar-refractivity contribution in [3.63, 3.8) is 0 Å². The molecule has 1 aromatic carbocycles. The summed E-state index contributed by atoms with van der Waals surface area (Å²) < 4.78 is 17.6. The van der Waals surface area contributed by atoms with Crippen molar-refractivity contribution < 1.29 is 23.8 Å². The van der Waals surface area contributed by atoms with Gasteiger partial charge < -0.3 is 14.2 Å². The van der Waals surface area contributed by atoms with Crippen molar-refractivity contribution in [3.05, 3.63) is 41.5 Å². The van der Waals surface area contributed by atoms with Gasteiger partial charge in [0, 0.05) is 31.2 Å². The van der Waals surface area contributed by atoms with Crippen molar-refractivity contribution in [2.45, 2.75) is 44.1 Å². The molecule has 0 saturated carbocycles. The summed E-state index contributed by atoms with van der Waals surface area (Å²) in [6, 6.07) is 6.15. The molecule has 6 heteroatoms. The lowest BCUT2D eigenvalue weighted by Gasteiger charge is -2.54. The van der Waals surface area contributed by atoms with Gasteiger partial charge in [-0.3, -0.25) is 0 Å². The molecule has 1 aliphatic carbocycles. The van der Waals surface area contributed by atoms with Gasteiger partial charge in [0.15, 0.2) is 6.10 Å². The summed E-state index contributed by atoms with van der Waals surface area (Å²) in [7, 11) is 0. The zero-order valence-corrected chi connectivity index (χ0v) is 14.5. The van der Waals surface area contributed by atoms with Crippen LogP contribution < -0.4 is 4.74 Å². The van der Waals surface area contributed by atoms with E-state index < -0.39 is 24.0 Å². The number of nitrogens with zero attached hydrogens (tertiary/aromatic N) is 1. The maximum atomic E-state index is 12.1. The van der Waals surface area contributed by atoms with E-state index >= 15 is 0 Å². The summed E-state index contributed by atoms with van der Waals surface area (Å²) in [5.74, 6) is -1.71. The number of esters is 2. The molecular formula is C20H21NO5. The van der Waals surface area contributed by atoms with E-state index in [1.165, 1.54) is 17.5 Å². The van der Waals surface area contributed by atoms with Crippen LogP contribution in [0.4, 0.5) is 0 Å². The minimum absolute atomic E-state index is 0.173. The van der Waals surface area contributed by atoms with Gasteiger partial charge in [-0.25, -0.2) is 14.5 Å². The molecule has 6 nitrogen and oxygen atoms in total. The molecule has 2 bridgehead atoms. The molecule has 0 radical (unpaired) electrons. The Hall–Kier alpha value is -2.34. The molecule has 1 unspecified atom stereocenters. The number of benzene rings is 1. The highest BCUT2D eigenvalue weighted by molar-refractivity contribution is 5.93. The third kappa shape index (κ3) is 2.43. The Morgan fingerprint density at radius 1 is 1.00 bits per heavy atom. The zero-order valence-electron chi connectivity index (χ0n) is 14.5. The number of rotatable bonds is 2. The number of carbonyl (C=O) groups excluding carboxylic acids is 2. The monoisotopic (exact) mass is 355 g/mol. The van der Waals surface area contributed by atoms with Crippen molar-refractivity contribution in [2.24, 2.45) is 5.92 Å². The van der Waals surface area contributed by atoms with Crippen LogP contribution >= 0.6 is 0 Å². The molecule has 1 atom stereocenters. The Kier molecular flexibility index (Phi) is 3.57. The molecule has 1 spiro atoms. The van der Waals surface area contributed by atoms with Gasteiger partial charge in [0.1, 0.15) is 5.75 Å². The summed E-state index contributed by atoms with van der Waals surface area (Å²) in [6.45, 7) is 1.44. The number of hydrogen-bond acceptors (Lipinski definition) is 6. The topological polar surface area (TPSA) is 65.1 Å². The van der Waals surface area contributed by atoms with Crippen LogP contribution in [0, 0.1) is 5.92 Å². The predicted octanol–water partition coefficient (Wildman–Crippen LogP) is 1.96. The first-order chi connectivity index (χ1) is 12.6. The van der Waals surface area contributed by atoms with Crippen molar-refractivity contribution in [2.75, 3.05) is 13.1 Å². The van der Waals surface area contributed by atoms with Gasteiger partial charge in [-0.05, 0) is 55.4 Å². The maximum Gasteiger partial charge on any atom is 0.359 e. The molecule has 5 aliphatic rings. The molecule has 3 saturated heterocycles. The van der Waals surface area contributed by atoms with Gasteiger partial charge in [-0.1, -0.05) is 6.07 Å². The lowest BCUT2D eigenvalue weighted by molar-refractivity contribution is -0.348. The number of piperidine rings is 3. The van der Waals surface area contributed by atoms with E-state index in [1.54, 1.807) is 0 Å². The second kappa shape index (κ2) is 5.84. The van der Waals surface area contributed by atoms with E-state index in [1.807, 2.05) is 11.0 Å². The van der Waals surface area contributed by atoms with E-state index in [-0.39, 0.29) is 5.92 Å². The number of aryl methyl sites for hydroxylation is 2. The zero-order chi connectivity index (χ0) is 17.7. The minimum Gasteiger partial charge on any atom is -0.480 e. The van der Waals surface area contributed by atoms with Crippen molar-refractivity contribution in [3.8, 4) is 5.75 Å². The summed E-state index contributed by atoms with van der Waals surface area (Å²) in [6.07, 6.45) is 6.91. The summed E-state index contributed by atoms with van der Waals surface area (Å²) in [5.41, 5.74) is 2.69. The van der Waals surface area contributed by atoms with E-state index in [0.717, 1.165) is 56.7 Å². The van der Waals surface area contributed by atoms with Crippen LogP contribution in [0.1, 0.15) is 30.4 Å². The van der Waals surface area contributed by atoms with Gasteiger partial charge in [0.2, 0.25) is 0 Å². The lowest BCUT2D eigenvalue weighted by atomic mass is 9.82. The Morgan fingerprint density at radius 3 is 2.42 bits per heavy atom. The van der Waals surface area contributed by atoms with Gasteiger partial charge in [0.05, 0.1) is 0 Å². The molecular weight excluding hydrogens is 334 g/mol. The highest BCUT2D eigenvalue weighted by atomic mass is 16.8. The van der Waals surface area contributed by atoms with Crippen LogP contribution in [-0.2, 0) is 31.9 Å². The Morgan fingerprint density at radius 2 is 1.69 bits per heavy atom. The third-order valence-corrected chi connectivity index (χ3v) is 5.95. The smallest absolute Gasteiger partial charge is 0.359 e. The number of carbonyl (C=O) groups is 2. The van der Waals surface area contributed by atoms with E-state index in [0.29, 0.717) is 0 Å². The second-order valence-corrected chi connectivity index (χ2v) is 7.45. The average molecular weight is 355 g/mol. The molecule has 4 heterocycles. The number of fused-ring (bicyclic) bond motifs is 3. The van der Waals surface area contributed by atoms with Gasteiger partial charge in [-0.2, -0.15) is 0 Å². The summed E-state index contributed by atoms with van der Waals surface area (Å²) in [4.78, 5) is 26.1. The fourth-order valence-corrected chi connectivity index (χ4v) is 4.69. The van der Waals surface area contributed by atoms with Crippen LogP contribution in [0.25, 0.3) is 0 Å². The van der Waals surface area contributed by atoms with Gasteiger partial charge in [0.25, 0.3) is 0 Å². The molecule has 6 rings (SSSR count). The second-order valence-electron chi connectivity index (χ2n) is 7.45. The number of hydrogen-bond donors (Lipinski definition) is 0. The molecule has 1 aromatic rings. The largest absolute Gasteiger partial charge is 0.480 e. The van der Waals surface area contributed by atoms with Crippen molar-refractivity contribution >= 4 is 11.9 Å². The van der Waals surface area contributed by atoms with Crippen molar-refractivity contribution in [1.82, 2.24) is 4.90 Å². The number of ether oxygens (including phenoxy) is 3. The molecule has 3 fully saturated rings. The standard InChI is InChI=1S/C20H21NO5/c22-17-6-7-18(23)26-20(25-17)19(14-8-10-21(20)11-9-14)24-16-5-4-13-2-1-3-15(13)12-16/h4-7,12,14,19H,1-3,8-11H2. The lowest BCUT2D eigenvalue weighted by Crippen LogP contribution is -2.71. The SMILES string of the molecule is O=C1C=CC(=O)OC2(O1)C(Oc1ccc3c(c1)CCC3)C1CCN2CC1. The molecule has 4 aliphatic heterocycles. The molecule has 26 heavy (non-hydrogen) atoms. The van der Waals surface area contributed by atoms with Gasteiger partial charge in [-0.15, -0.1) is 0 Å². The summed E-state index contributed by atoms with van der Waals surface area (Å²) >= 11 is 0. The fraction of sp³-hybridized carbons (Fsp3) is 0.500. The first-order valence-electron chi connectivity index (χ1n) is 9.31. The molecule has 136 valence electrons.